The number of aromatic amines is 1. The number of carbonyl (C=O) groups is 1. The van der Waals surface area contributed by atoms with Gasteiger partial charge in [0.25, 0.3) is 0 Å². The SMILES string of the molecule is CCC(CC)c1cc(CNC(=O)N2CCCCC2c2cn[nH]c2)on1. The molecule has 0 radical (unpaired) electrons. The minimum atomic E-state index is -0.0635. The molecule has 2 N–H and O–H groups in total. The fraction of sp³-hybridized carbons (Fsp3) is 0.611. The number of piperidine rings is 1. The number of likely N-dealkylation sites (tertiary alicyclic amines) is 1. The largest absolute Gasteiger partial charge is 0.359 e. The minimum absolute atomic E-state index is 0.0635. The first-order valence-corrected chi connectivity index (χ1v) is 9.21. The molecule has 0 bridgehead atoms. The van der Waals surface area contributed by atoms with E-state index in [4.69, 9.17) is 4.52 Å². The van der Waals surface area contributed by atoms with Crippen LogP contribution in [-0.4, -0.2) is 32.8 Å². The van der Waals surface area contributed by atoms with E-state index in [-0.39, 0.29) is 12.1 Å². The van der Waals surface area contributed by atoms with Crippen LogP contribution in [0.1, 0.15) is 74.9 Å². The van der Waals surface area contributed by atoms with E-state index in [2.05, 4.69) is 34.5 Å². The third-order valence-corrected chi connectivity index (χ3v) is 5.06. The zero-order valence-electron chi connectivity index (χ0n) is 15.0. The van der Waals surface area contributed by atoms with Crippen molar-refractivity contribution in [3.8, 4) is 0 Å². The van der Waals surface area contributed by atoms with E-state index >= 15 is 0 Å². The van der Waals surface area contributed by atoms with Crippen LogP contribution in [0, 0.1) is 0 Å². The van der Waals surface area contributed by atoms with E-state index in [1.807, 2.05) is 17.2 Å². The van der Waals surface area contributed by atoms with E-state index in [1.165, 1.54) is 0 Å². The number of carbonyl (C=O) groups excluding carboxylic acids is 1. The Morgan fingerprint density at radius 2 is 2.28 bits per heavy atom. The van der Waals surface area contributed by atoms with E-state index < -0.39 is 0 Å². The Balaban J connectivity index is 1.60. The molecular formula is C18H27N5O2. The molecule has 1 saturated heterocycles. The zero-order valence-corrected chi connectivity index (χ0v) is 15.0. The van der Waals surface area contributed by atoms with Crippen LogP contribution in [-0.2, 0) is 6.54 Å². The molecule has 2 aromatic heterocycles. The topological polar surface area (TPSA) is 87.0 Å². The van der Waals surface area contributed by atoms with Crippen LogP contribution < -0.4 is 5.32 Å². The highest BCUT2D eigenvalue weighted by molar-refractivity contribution is 5.74. The molecule has 2 aromatic rings. The fourth-order valence-electron chi connectivity index (χ4n) is 3.54. The first kappa shape index (κ1) is 17.5. The molecule has 3 rings (SSSR count). The van der Waals surface area contributed by atoms with Crippen molar-refractivity contribution in [1.82, 2.24) is 25.6 Å². The Morgan fingerprint density at radius 1 is 1.44 bits per heavy atom. The monoisotopic (exact) mass is 345 g/mol. The van der Waals surface area contributed by atoms with Crippen LogP contribution in [0.4, 0.5) is 4.79 Å². The molecule has 0 spiro atoms. The van der Waals surface area contributed by atoms with Crippen LogP contribution in [0.3, 0.4) is 0 Å². The van der Waals surface area contributed by atoms with Gasteiger partial charge in [-0.25, -0.2) is 4.79 Å². The third-order valence-electron chi connectivity index (χ3n) is 5.06. The Morgan fingerprint density at radius 3 is 3.00 bits per heavy atom. The number of hydrogen-bond acceptors (Lipinski definition) is 4. The van der Waals surface area contributed by atoms with E-state index in [1.54, 1.807) is 6.20 Å². The maximum absolute atomic E-state index is 12.7. The predicted molar refractivity (Wildman–Crippen MR) is 93.9 cm³/mol. The summed E-state index contributed by atoms with van der Waals surface area (Å²) >= 11 is 0. The second-order valence-corrected chi connectivity index (χ2v) is 6.63. The van der Waals surface area contributed by atoms with Gasteiger partial charge in [-0.2, -0.15) is 5.10 Å². The van der Waals surface area contributed by atoms with Crippen LogP contribution in [0.25, 0.3) is 0 Å². The summed E-state index contributed by atoms with van der Waals surface area (Å²) in [5, 5.41) is 14.0. The smallest absolute Gasteiger partial charge is 0.318 e. The second kappa shape index (κ2) is 8.18. The molecule has 3 heterocycles. The first-order chi connectivity index (χ1) is 12.2. The van der Waals surface area contributed by atoms with Gasteiger partial charge in [0.2, 0.25) is 0 Å². The van der Waals surface area contributed by atoms with E-state index in [0.29, 0.717) is 18.2 Å². The first-order valence-electron chi connectivity index (χ1n) is 9.21. The van der Waals surface area contributed by atoms with Crippen LogP contribution in [0.2, 0.25) is 0 Å². The Kier molecular flexibility index (Phi) is 5.73. The molecule has 2 amide bonds. The number of nitrogens with zero attached hydrogens (tertiary/aromatic N) is 3. The summed E-state index contributed by atoms with van der Waals surface area (Å²) in [7, 11) is 0. The van der Waals surface area contributed by atoms with Gasteiger partial charge in [0, 0.05) is 30.3 Å². The lowest BCUT2D eigenvalue weighted by Gasteiger charge is -2.35. The molecule has 7 heteroatoms. The quantitative estimate of drug-likeness (QED) is 0.835. The van der Waals surface area contributed by atoms with Crippen LogP contribution in [0.5, 0.6) is 0 Å². The molecule has 1 fully saturated rings. The standard InChI is InChI=1S/C18H27N5O2/c1-3-13(4-2)16-9-15(25-22-16)12-19-18(24)23-8-6-5-7-17(23)14-10-20-21-11-14/h9-11,13,17H,3-8,12H2,1-2H3,(H,19,24)(H,20,21). The fourth-order valence-corrected chi connectivity index (χ4v) is 3.54. The number of rotatable bonds is 6. The summed E-state index contributed by atoms with van der Waals surface area (Å²) in [6.45, 7) is 5.42. The van der Waals surface area contributed by atoms with Gasteiger partial charge in [0.1, 0.15) is 0 Å². The summed E-state index contributed by atoms with van der Waals surface area (Å²) in [6, 6.07) is 1.98. The summed E-state index contributed by atoms with van der Waals surface area (Å²) in [4.78, 5) is 14.5. The molecule has 1 aliphatic heterocycles. The summed E-state index contributed by atoms with van der Waals surface area (Å²) in [6.07, 6.45) is 8.87. The third kappa shape index (κ3) is 4.03. The lowest BCUT2D eigenvalue weighted by molar-refractivity contribution is 0.150. The Labute approximate surface area is 148 Å². The highest BCUT2D eigenvalue weighted by Crippen LogP contribution is 2.30. The van der Waals surface area contributed by atoms with Crippen molar-refractivity contribution < 1.29 is 9.32 Å². The van der Waals surface area contributed by atoms with Gasteiger partial charge in [0.05, 0.1) is 24.5 Å². The van der Waals surface area contributed by atoms with Crippen molar-refractivity contribution in [2.24, 2.45) is 0 Å². The van der Waals surface area contributed by atoms with Gasteiger partial charge < -0.3 is 14.7 Å². The summed E-state index contributed by atoms with van der Waals surface area (Å²) in [5.41, 5.74) is 2.04. The average Bonchev–Trinajstić information content (AvgIpc) is 3.33. The van der Waals surface area contributed by atoms with Crippen molar-refractivity contribution in [3.63, 3.8) is 0 Å². The maximum atomic E-state index is 12.7. The van der Waals surface area contributed by atoms with E-state index in [9.17, 15) is 4.79 Å². The lowest BCUT2D eigenvalue weighted by atomic mass is 9.98. The van der Waals surface area contributed by atoms with E-state index in [0.717, 1.165) is 49.9 Å². The van der Waals surface area contributed by atoms with Crippen molar-refractivity contribution in [3.05, 3.63) is 35.5 Å². The number of nitrogens with one attached hydrogen (secondary N) is 2. The molecule has 1 atom stereocenters. The maximum Gasteiger partial charge on any atom is 0.318 e. The molecule has 0 saturated carbocycles. The van der Waals surface area contributed by atoms with Gasteiger partial charge in [-0.05, 0) is 32.1 Å². The number of aromatic nitrogens is 3. The molecule has 0 aliphatic carbocycles. The predicted octanol–water partition coefficient (Wildman–Crippen LogP) is 3.74. The van der Waals surface area contributed by atoms with Crippen molar-refractivity contribution >= 4 is 6.03 Å². The number of H-pyrrole nitrogens is 1. The van der Waals surface area contributed by atoms with Crippen molar-refractivity contribution in [2.45, 2.75) is 64.5 Å². The Hall–Kier alpha value is -2.31. The number of urea groups is 1. The molecule has 0 aromatic carbocycles. The van der Waals surface area contributed by atoms with Gasteiger partial charge >= 0.3 is 6.03 Å². The summed E-state index contributed by atoms with van der Waals surface area (Å²) < 4.78 is 5.39. The van der Waals surface area contributed by atoms with Gasteiger partial charge in [-0.3, -0.25) is 5.10 Å². The van der Waals surface area contributed by atoms with Crippen LogP contribution in [0.15, 0.2) is 23.0 Å². The van der Waals surface area contributed by atoms with Crippen LogP contribution >= 0.6 is 0 Å². The molecule has 136 valence electrons. The number of hydrogen-bond donors (Lipinski definition) is 2. The highest BCUT2D eigenvalue weighted by Gasteiger charge is 2.28. The van der Waals surface area contributed by atoms with Crippen molar-refractivity contribution in [1.29, 1.82) is 0 Å². The normalized spacial score (nSPS) is 17.9. The molecular weight excluding hydrogens is 318 g/mol. The van der Waals surface area contributed by atoms with Gasteiger partial charge in [0.15, 0.2) is 5.76 Å². The average molecular weight is 345 g/mol. The highest BCUT2D eigenvalue weighted by atomic mass is 16.5. The van der Waals surface area contributed by atoms with Gasteiger partial charge in [-0.15, -0.1) is 0 Å². The molecule has 1 aliphatic rings. The van der Waals surface area contributed by atoms with Gasteiger partial charge in [-0.1, -0.05) is 19.0 Å². The number of amides is 2. The molecule has 25 heavy (non-hydrogen) atoms. The second-order valence-electron chi connectivity index (χ2n) is 6.63. The summed E-state index contributed by atoms with van der Waals surface area (Å²) in [5.74, 6) is 1.12. The molecule has 7 nitrogen and oxygen atoms in total. The minimum Gasteiger partial charge on any atom is -0.359 e. The lowest BCUT2D eigenvalue weighted by Crippen LogP contribution is -2.44. The Bertz CT molecular complexity index is 663. The zero-order chi connectivity index (χ0) is 17.6. The van der Waals surface area contributed by atoms with Crippen molar-refractivity contribution in [2.75, 3.05) is 6.54 Å². The molecule has 1 unspecified atom stereocenters.